The molecule has 2 rings (SSSR count). The van der Waals surface area contributed by atoms with Crippen molar-refractivity contribution in [2.75, 3.05) is 19.0 Å². The van der Waals surface area contributed by atoms with E-state index in [1.807, 2.05) is 0 Å². The van der Waals surface area contributed by atoms with Crippen LogP contribution >= 0.6 is 0 Å². The molecule has 0 unspecified atom stereocenters. The van der Waals surface area contributed by atoms with Gasteiger partial charge in [0.1, 0.15) is 6.54 Å². The Morgan fingerprint density at radius 2 is 2.04 bits per heavy atom. The number of methoxy groups -OCH3 is 1. The number of carboxylic acids is 1. The zero-order chi connectivity index (χ0) is 19.1. The first-order chi connectivity index (χ1) is 12.4. The molecule has 0 aliphatic heterocycles. The number of nitrogens with zero attached hydrogens (tertiary/aromatic N) is 2. The highest BCUT2D eigenvalue weighted by Crippen LogP contribution is 2.28. The lowest BCUT2D eigenvalue weighted by atomic mass is 10.1. The van der Waals surface area contributed by atoms with Crippen LogP contribution in [0.1, 0.15) is 30.6 Å². The number of nitrogens with one attached hydrogen (secondary N) is 1. The number of ether oxygens (including phenoxy) is 2. The highest BCUT2D eigenvalue weighted by molar-refractivity contribution is 6.04. The van der Waals surface area contributed by atoms with E-state index in [0.717, 1.165) is 6.42 Å². The highest BCUT2D eigenvalue weighted by Gasteiger charge is 2.13. The van der Waals surface area contributed by atoms with E-state index in [-0.39, 0.29) is 18.3 Å². The second kappa shape index (κ2) is 8.89. The molecular formula is C18H23N3O5. The molecule has 0 radical (unpaired) electrons. The first-order valence-electron chi connectivity index (χ1n) is 8.26. The van der Waals surface area contributed by atoms with E-state index in [0.29, 0.717) is 29.6 Å². The fourth-order valence-corrected chi connectivity index (χ4v) is 2.18. The summed E-state index contributed by atoms with van der Waals surface area (Å²) < 4.78 is 12.2. The molecule has 0 bridgehead atoms. The zero-order valence-electron chi connectivity index (χ0n) is 15.1. The zero-order valence-corrected chi connectivity index (χ0v) is 15.1. The lowest BCUT2D eigenvalue weighted by molar-refractivity contribution is -0.137. The first kappa shape index (κ1) is 19.3. The SMILES string of the molecule is COc1cc(C(=O)Nc2ccn(CC(=O)O)n2)ccc1OCCC(C)C. The van der Waals surface area contributed by atoms with Gasteiger partial charge in [0.05, 0.1) is 13.7 Å². The van der Waals surface area contributed by atoms with Gasteiger partial charge in [-0.05, 0) is 30.5 Å². The average molecular weight is 361 g/mol. The van der Waals surface area contributed by atoms with Crippen molar-refractivity contribution in [2.24, 2.45) is 5.92 Å². The normalized spacial score (nSPS) is 10.6. The number of anilines is 1. The number of aromatic nitrogens is 2. The Morgan fingerprint density at radius 1 is 1.27 bits per heavy atom. The van der Waals surface area contributed by atoms with Crippen LogP contribution in [0, 0.1) is 5.92 Å². The minimum absolute atomic E-state index is 0.271. The van der Waals surface area contributed by atoms with E-state index in [4.69, 9.17) is 14.6 Å². The number of carbonyl (C=O) groups excluding carboxylic acids is 1. The molecule has 1 aromatic carbocycles. The standard InChI is InChI=1S/C18H23N3O5/c1-12(2)7-9-26-14-5-4-13(10-15(14)25-3)18(24)19-16-6-8-21(20-16)11-17(22)23/h4-6,8,10,12H,7,9,11H2,1-3H3,(H,22,23)(H,19,20,24). The lowest BCUT2D eigenvalue weighted by Gasteiger charge is -2.13. The van der Waals surface area contributed by atoms with Crippen molar-refractivity contribution < 1.29 is 24.2 Å². The third-order valence-electron chi connectivity index (χ3n) is 3.56. The van der Waals surface area contributed by atoms with Crippen molar-refractivity contribution in [3.05, 3.63) is 36.0 Å². The summed E-state index contributed by atoms with van der Waals surface area (Å²) in [4.78, 5) is 23.0. The molecule has 1 amide bonds. The smallest absolute Gasteiger partial charge is 0.325 e. The van der Waals surface area contributed by atoms with Gasteiger partial charge < -0.3 is 19.9 Å². The number of carboxylic acid groups (broad SMARTS) is 1. The van der Waals surface area contributed by atoms with Crippen LogP contribution in [0.3, 0.4) is 0 Å². The number of carbonyl (C=O) groups is 2. The molecule has 140 valence electrons. The van der Waals surface area contributed by atoms with Gasteiger partial charge in [0.25, 0.3) is 5.91 Å². The molecule has 0 fully saturated rings. The van der Waals surface area contributed by atoms with Crippen molar-refractivity contribution in [1.82, 2.24) is 9.78 Å². The minimum atomic E-state index is -1.01. The predicted molar refractivity (Wildman–Crippen MR) is 95.8 cm³/mol. The predicted octanol–water partition coefficient (Wildman–Crippen LogP) is 2.65. The molecule has 26 heavy (non-hydrogen) atoms. The fraction of sp³-hybridized carbons (Fsp3) is 0.389. The summed E-state index contributed by atoms with van der Waals surface area (Å²) in [5.41, 5.74) is 0.380. The van der Waals surface area contributed by atoms with Crippen molar-refractivity contribution in [3.8, 4) is 11.5 Å². The third kappa shape index (κ3) is 5.51. The molecular weight excluding hydrogens is 338 g/mol. The van der Waals surface area contributed by atoms with E-state index in [1.54, 1.807) is 18.2 Å². The van der Waals surface area contributed by atoms with Crippen molar-refractivity contribution in [2.45, 2.75) is 26.8 Å². The van der Waals surface area contributed by atoms with E-state index >= 15 is 0 Å². The summed E-state index contributed by atoms with van der Waals surface area (Å²) in [5.74, 6) is 0.467. The molecule has 2 N–H and O–H groups in total. The highest BCUT2D eigenvalue weighted by atomic mass is 16.5. The van der Waals surface area contributed by atoms with Crippen molar-refractivity contribution >= 4 is 17.7 Å². The number of aliphatic carboxylic acids is 1. The number of amides is 1. The molecule has 8 heteroatoms. The minimum Gasteiger partial charge on any atom is -0.493 e. The molecule has 0 aliphatic rings. The maximum atomic E-state index is 12.4. The number of hydrogen-bond donors (Lipinski definition) is 2. The van der Waals surface area contributed by atoms with Crippen molar-refractivity contribution in [1.29, 1.82) is 0 Å². The van der Waals surface area contributed by atoms with Crippen LogP contribution in [-0.2, 0) is 11.3 Å². The molecule has 1 heterocycles. The van der Waals surface area contributed by atoms with Gasteiger partial charge in [-0.3, -0.25) is 14.3 Å². The summed E-state index contributed by atoms with van der Waals surface area (Å²) in [5, 5.41) is 15.3. The molecule has 0 spiro atoms. The van der Waals surface area contributed by atoms with Crippen LogP contribution in [0.25, 0.3) is 0 Å². The molecule has 0 saturated heterocycles. The number of rotatable bonds is 9. The Balaban J connectivity index is 2.04. The average Bonchev–Trinajstić information content (AvgIpc) is 3.00. The van der Waals surface area contributed by atoms with Crippen LogP contribution in [0.4, 0.5) is 5.82 Å². The van der Waals surface area contributed by atoms with E-state index in [1.165, 1.54) is 24.1 Å². The summed E-state index contributed by atoms with van der Waals surface area (Å²) in [6.07, 6.45) is 2.40. The van der Waals surface area contributed by atoms with Gasteiger partial charge in [0.15, 0.2) is 17.3 Å². The summed E-state index contributed by atoms with van der Waals surface area (Å²) in [6, 6.07) is 6.45. The maximum absolute atomic E-state index is 12.4. The monoisotopic (exact) mass is 361 g/mol. The lowest BCUT2D eigenvalue weighted by Crippen LogP contribution is -2.14. The van der Waals surface area contributed by atoms with Gasteiger partial charge >= 0.3 is 5.97 Å². The van der Waals surface area contributed by atoms with Crippen LogP contribution in [0.5, 0.6) is 11.5 Å². The fourth-order valence-electron chi connectivity index (χ4n) is 2.18. The Bertz CT molecular complexity index is 770. The quantitative estimate of drug-likeness (QED) is 0.712. The Hall–Kier alpha value is -3.03. The Morgan fingerprint density at radius 3 is 2.69 bits per heavy atom. The molecule has 1 aromatic heterocycles. The Kier molecular flexibility index (Phi) is 6.60. The maximum Gasteiger partial charge on any atom is 0.325 e. The molecule has 0 aliphatic carbocycles. The van der Waals surface area contributed by atoms with Crippen LogP contribution < -0.4 is 14.8 Å². The van der Waals surface area contributed by atoms with Crippen molar-refractivity contribution in [3.63, 3.8) is 0 Å². The Labute approximate surface area is 151 Å². The molecule has 0 atom stereocenters. The van der Waals surface area contributed by atoms with E-state index in [2.05, 4.69) is 24.3 Å². The van der Waals surface area contributed by atoms with Gasteiger partial charge in [0, 0.05) is 17.8 Å². The van der Waals surface area contributed by atoms with Gasteiger partial charge in [-0.2, -0.15) is 5.10 Å². The van der Waals surface area contributed by atoms with Gasteiger partial charge in [-0.15, -0.1) is 0 Å². The number of benzene rings is 1. The van der Waals surface area contributed by atoms with Gasteiger partial charge in [0.2, 0.25) is 0 Å². The summed E-state index contributed by atoms with van der Waals surface area (Å²) >= 11 is 0. The second-order valence-corrected chi connectivity index (χ2v) is 6.14. The number of hydrogen-bond acceptors (Lipinski definition) is 5. The summed E-state index contributed by atoms with van der Waals surface area (Å²) in [7, 11) is 1.51. The third-order valence-corrected chi connectivity index (χ3v) is 3.56. The second-order valence-electron chi connectivity index (χ2n) is 6.14. The van der Waals surface area contributed by atoms with Gasteiger partial charge in [-0.1, -0.05) is 13.8 Å². The van der Waals surface area contributed by atoms with Crippen LogP contribution in [0.2, 0.25) is 0 Å². The van der Waals surface area contributed by atoms with Crippen LogP contribution in [0.15, 0.2) is 30.5 Å². The van der Waals surface area contributed by atoms with Crippen LogP contribution in [-0.4, -0.2) is 40.5 Å². The topological polar surface area (TPSA) is 103 Å². The molecule has 8 nitrogen and oxygen atoms in total. The summed E-state index contributed by atoms with van der Waals surface area (Å²) in [6.45, 7) is 4.53. The molecule has 0 saturated carbocycles. The van der Waals surface area contributed by atoms with E-state index in [9.17, 15) is 9.59 Å². The first-order valence-corrected chi connectivity index (χ1v) is 8.26. The largest absolute Gasteiger partial charge is 0.493 e. The molecule has 2 aromatic rings. The van der Waals surface area contributed by atoms with E-state index < -0.39 is 5.97 Å². The van der Waals surface area contributed by atoms with Gasteiger partial charge in [-0.25, -0.2) is 0 Å².